The molecule has 1 N–H and O–H groups in total. The van der Waals surface area contributed by atoms with Crippen molar-refractivity contribution in [2.24, 2.45) is 17.8 Å². The SMILES string of the molecule is CC(Oc1ccc(C(C)(C)C)cc1)C(=O)Nc1ccc(C23CC4CC(CC(C4)C2)C3)cc1. The minimum Gasteiger partial charge on any atom is -0.481 e. The molecular weight excluding hydrogens is 394 g/mol. The van der Waals surface area contributed by atoms with E-state index in [1.165, 1.54) is 49.7 Å². The monoisotopic (exact) mass is 431 g/mol. The maximum Gasteiger partial charge on any atom is 0.265 e. The number of hydrogen-bond acceptors (Lipinski definition) is 2. The highest BCUT2D eigenvalue weighted by atomic mass is 16.5. The molecule has 6 rings (SSSR count). The summed E-state index contributed by atoms with van der Waals surface area (Å²) >= 11 is 0. The van der Waals surface area contributed by atoms with Crippen LogP contribution >= 0.6 is 0 Å². The van der Waals surface area contributed by atoms with Gasteiger partial charge in [-0.05, 0) is 109 Å². The minimum absolute atomic E-state index is 0.101. The van der Waals surface area contributed by atoms with Crippen LogP contribution in [-0.4, -0.2) is 12.0 Å². The highest BCUT2D eigenvalue weighted by Crippen LogP contribution is 2.60. The van der Waals surface area contributed by atoms with E-state index in [2.05, 4.69) is 62.5 Å². The molecule has 0 heterocycles. The van der Waals surface area contributed by atoms with E-state index in [0.717, 1.165) is 29.2 Å². The Hall–Kier alpha value is -2.29. The maximum absolute atomic E-state index is 12.7. The van der Waals surface area contributed by atoms with Gasteiger partial charge in [0.1, 0.15) is 5.75 Å². The Bertz CT molecular complexity index is 932. The Kier molecular flexibility index (Phi) is 5.34. The normalized spacial score (nSPS) is 29.6. The second kappa shape index (κ2) is 7.93. The molecule has 1 amide bonds. The molecule has 1 atom stereocenters. The average Bonchev–Trinajstić information content (AvgIpc) is 2.73. The minimum atomic E-state index is -0.557. The standard InChI is InChI=1S/C29H37NO2/c1-19(32-26-11-7-23(8-12-26)28(2,3)4)27(31)30-25-9-5-24(6-10-25)29-16-20-13-21(17-29)15-22(14-20)18-29/h5-12,19-22H,13-18H2,1-4H3,(H,30,31). The van der Waals surface area contributed by atoms with Crippen LogP contribution in [0.5, 0.6) is 5.75 Å². The summed E-state index contributed by atoms with van der Waals surface area (Å²) in [7, 11) is 0. The zero-order chi connectivity index (χ0) is 22.5. The lowest BCUT2D eigenvalue weighted by Gasteiger charge is -2.57. The number of carbonyl (C=O) groups excluding carboxylic acids is 1. The Balaban J connectivity index is 1.20. The van der Waals surface area contributed by atoms with Crippen LogP contribution in [0.3, 0.4) is 0 Å². The van der Waals surface area contributed by atoms with E-state index in [9.17, 15) is 4.79 Å². The van der Waals surface area contributed by atoms with E-state index in [4.69, 9.17) is 4.74 Å². The van der Waals surface area contributed by atoms with Gasteiger partial charge in [0.05, 0.1) is 0 Å². The molecule has 4 aliphatic carbocycles. The summed E-state index contributed by atoms with van der Waals surface area (Å²) in [4.78, 5) is 12.7. The number of nitrogens with one attached hydrogen (secondary N) is 1. The molecule has 0 aromatic heterocycles. The van der Waals surface area contributed by atoms with Gasteiger partial charge in [-0.3, -0.25) is 4.79 Å². The van der Waals surface area contributed by atoms with Gasteiger partial charge >= 0.3 is 0 Å². The molecule has 3 heteroatoms. The van der Waals surface area contributed by atoms with Gasteiger partial charge in [-0.15, -0.1) is 0 Å². The highest BCUT2D eigenvalue weighted by Gasteiger charge is 2.51. The van der Waals surface area contributed by atoms with Gasteiger partial charge in [-0.25, -0.2) is 0 Å². The predicted octanol–water partition coefficient (Wildman–Crippen LogP) is 6.86. The summed E-state index contributed by atoms with van der Waals surface area (Å²) in [6, 6.07) is 16.7. The lowest BCUT2D eigenvalue weighted by Crippen LogP contribution is -2.48. The smallest absolute Gasteiger partial charge is 0.265 e. The summed E-state index contributed by atoms with van der Waals surface area (Å²) < 4.78 is 5.89. The molecule has 3 nitrogen and oxygen atoms in total. The van der Waals surface area contributed by atoms with Crippen molar-refractivity contribution in [3.8, 4) is 5.75 Å². The molecule has 1 unspecified atom stereocenters. The maximum atomic E-state index is 12.7. The molecule has 0 radical (unpaired) electrons. The van der Waals surface area contributed by atoms with Gasteiger partial charge in [0.15, 0.2) is 6.10 Å². The zero-order valence-electron chi connectivity index (χ0n) is 20.0. The van der Waals surface area contributed by atoms with Crippen molar-refractivity contribution in [1.82, 2.24) is 0 Å². The number of hydrogen-bond donors (Lipinski definition) is 1. The summed E-state index contributed by atoms with van der Waals surface area (Å²) in [5.41, 5.74) is 4.08. The summed E-state index contributed by atoms with van der Waals surface area (Å²) in [5, 5.41) is 3.03. The molecule has 2 aromatic rings. The highest BCUT2D eigenvalue weighted by molar-refractivity contribution is 5.94. The largest absolute Gasteiger partial charge is 0.481 e. The van der Waals surface area contributed by atoms with Crippen LogP contribution < -0.4 is 10.1 Å². The molecule has 2 aromatic carbocycles. The number of amides is 1. The molecule has 4 fully saturated rings. The van der Waals surface area contributed by atoms with Gasteiger partial charge in [-0.2, -0.15) is 0 Å². The van der Waals surface area contributed by atoms with Crippen LogP contribution in [-0.2, 0) is 15.6 Å². The summed E-state index contributed by atoms with van der Waals surface area (Å²) in [6.45, 7) is 8.37. The third kappa shape index (κ3) is 4.19. The van der Waals surface area contributed by atoms with Gasteiger partial charge in [0, 0.05) is 5.69 Å². The van der Waals surface area contributed by atoms with E-state index in [1.807, 2.05) is 12.1 Å². The first kappa shape index (κ1) is 21.6. The fraction of sp³-hybridized carbons (Fsp3) is 0.552. The first-order valence-corrected chi connectivity index (χ1v) is 12.4. The summed E-state index contributed by atoms with van der Waals surface area (Å²) in [5.74, 6) is 3.42. The number of benzene rings is 2. The van der Waals surface area contributed by atoms with Crippen LogP contribution in [0.15, 0.2) is 48.5 Å². The first-order chi connectivity index (χ1) is 15.2. The molecule has 170 valence electrons. The Morgan fingerprint density at radius 1 is 0.906 bits per heavy atom. The Labute approximate surface area is 192 Å². The van der Waals surface area contributed by atoms with E-state index < -0.39 is 6.10 Å². The number of rotatable bonds is 5. The van der Waals surface area contributed by atoms with Gasteiger partial charge in [-0.1, -0.05) is 45.0 Å². The average molecular weight is 432 g/mol. The van der Waals surface area contributed by atoms with Gasteiger partial charge in [0.2, 0.25) is 0 Å². The first-order valence-electron chi connectivity index (χ1n) is 12.4. The van der Waals surface area contributed by atoms with Crippen LogP contribution in [0.2, 0.25) is 0 Å². The number of ether oxygens (including phenoxy) is 1. The van der Waals surface area contributed by atoms with Crippen LogP contribution in [0.4, 0.5) is 5.69 Å². The molecule has 0 spiro atoms. The predicted molar refractivity (Wildman–Crippen MR) is 130 cm³/mol. The number of anilines is 1. The molecule has 4 saturated carbocycles. The summed E-state index contributed by atoms with van der Waals surface area (Å²) in [6.07, 6.45) is 7.92. The van der Waals surface area contributed by atoms with E-state index >= 15 is 0 Å². The van der Waals surface area contributed by atoms with Crippen LogP contribution in [0, 0.1) is 17.8 Å². The Morgan fingerprint density at radius 2 is 1.44 bits per heavy atom. The lowest BCUT2D eigenvalue weighted by atomic mass is 9.48. The van der Waals surface area contributed by atoms with Gasteiger partial charge in [0.25, 0.3) is 5.91 Å². The third-order valence-corrected chi connectivity index (χ3v) is 8.21. The van der Waals surface area contributed by atoms with Crippen LogP contribution in [0.25, 0.3) is 0 Å². The van der Waals surface area contributed by atoms with Crippen molar-refractivity contribution in [2.75, 3.05) is 5.32 Å². The fourth-order valence-electron chi connectivity index (χ4n) is 6.91. The zero-order valence-corrected chi connectivity index (χ0v) is 20.0. The second-order valence-corrected chi connectivity index (χ2v) is 11.8. The van der Waals surface area contributed by atoms with E-state index in [0.29, 0.717) is 5.41 Å². The molecule has 0 aliphatic heterocycles. The van der Waals surface area contributed by atoms with Crippen molar-refractivity contribution in [3.05, 3.63) is 59.7 Å². The molecule has 0 saturated heterocycles. The second-order valence-electron chi connectivity index (χ2n) is 11.8. The Morgan fingerprint density at radius 3 is 1.94 bits per heavy atom. The topological polar surface area (TPSA) is 38.3 Å². The van der Waals surface area contributed by atoms with E-state index in [1.54, 1.807) is 6.92 Å². The van der Waals surface area contributed by atoms with Crippen molar-refractivity contribution in [2.45, 2.75) is 83.2 Å². The molecule has 4 aliphatic rings. The molecule has 4 bridgehead atoms. The lowest BCUT2D eigenvalue weighted by molar-refractivity contribution is -0.122. The van der Waals surface area contributed by atoms with E-state index in [-0.39, 0.29) is 11.3 Å². The van der Waals surface area contributed by atoms with Crippen molar-refractivity contribution < 1.29 is 9.53 Å². The van der Waals surface area contributed by atoms with Gasteiger partial charge < -0.3 is 10.1 Å². The molecular formula is C29H37NO2. The molecule has 32 heavy (non-hydrogen) atoms. The van der Waals surface area contributed by atoms with Crippen molar-refractivity contribution in [3.63, 3.8) is 0 Å². The third-order valence-electron chi connectivity index (χ3n) is 8.21. The van der Waals surface area contributed by atoms with Crippen molar-refractivity contribution >= 4 is 11.6 Å². The van der Waals surface area contributed by atoms with Crippen LogP contribution in [0.1, 0.15) is 77.3 Å². The van der Waals surface area contributed by atoms with Crippen molar-refractivity contribution in [1.29, 1.82) is 0 Å². The quantitative estimate of drug-likeness (QED) is 0.562. The fourth-order valence-corrected chi connectivity index (χ4v) is 6.91. The number of carbonyl (C=O) groups is 1.